The Morgan fingerprint density at radius 3 is 2.78 bits per heavy atom. The van der Waals surface area contributed by atoms with Crippen molar-refractivity contribution >= 4 is 11.7 Å². The van der Waals surface area contributed by atoms with Gasteiger partial charge >= 0.3 is 0 Å². The SMILES string of the molecule is O=C(CC1CC2CCC1C2)Nc1ccn(Cc2ccccc2)n1. The van der Waals surface area contributed by atoms with Crippen LogP contribution in [-0.4, -0.2) is 15.7 Å². The summed E-state index contributed by atoms with van der Waals surface area (Å²) < 4.78 is 1.86. The van der Waals surface area contributed by atoms with Gasteiger partial charge in [0.1, 0.15) is 0 Å². The summed E-state index contributed by atoms with van der Waals surface area (Å²) in [6.07, 6.45) is 7.89. The van der Waals surface area contributed by atoms with Gasteiger partial charge in [-0.2, -0.15) is 5.10 Å². The summed E-state index contributed by atoms with van der Waals surface area (Å²) >= 11 is 0. The van der Waals surface area contributed by atoms with Gasteiger partial charge in [0.05, 0.1) is 6.54 Å². The molecule has 2 aromatic rings. The summed E-state index contributed by atoms with van der Waals surface area (Å²) in [7, 11) is 0. The predicted octanol–water partition coefficient (Wildman–Crippen LogP) is 3.70. The number of fused-ring (bicyclic) bond motifs is 2. The Kier molecular flexibility index (Phi) is 3.90. The molecule has 23 heavy (non-hydrogen) atoms. The van der Waals surface area contributed by atoms with E-state index in [4.69, 9.17) is 0 Å². The molecule has 1 amide bonds. The van der Waals surface area contributed by atoms with Gasteiger partial charge in [-0.25, -0.2) is 0 Å². The Balaban J connectivity index is 1.31. The van der Waals surface area contributed by atoms with Crippen LogP contribution in [-0.2, 0) is 11.3 Å². The molecule has 2 fully saturated rings. The number of carbonyl (C=O) groups is 1. The fraction of sp³-hybridized carbons (Fsp3) is 0.474. The molecular formula is C19H23N3O. The highest BCUT2D eigenvalue weighted by Gasteiger charge is 2.40. The van der Waals surface area contributed by atoms with Crippen molar-refractivity contribution in [1.29, 1.82) is 0 Å². The van der Waals surface area contributed by atoms with Gasteiger partial charge in [-0.05, 0) is 42.6 Å². The summed E-state index contributed by atoms with van der Waals surface area (Å²) in [4.78, 5) is 12.3. The maximum absolute atomic E-state index is 12.3. The Labute approximate surface area is 136 Å². The van der Waals surface area contributed by atoms with E-state index in [-0.39, 0.29) is 5.91 Å². The molecule has 1 N–H and O–H groups in total. The summed E-state index contributed by atoms with van der Waals surface area (Å²) in [6, 6.07) is 12.1. The maximum Gasteiger partial charge on any atom is 0.225 e. The van der Waals surface area contributed by atoms with Crippen LogP contribution in [0.2, 0.25) is 0 Å². The molecular weight excluding hydrogens is 286 g/mol. The molecule has 4 rings (SSSR count). The number of hydrogen-bond donors (Lipinski definition) is 1. The summed E-state index contributed by atoms with van der Waals surface area (Å²) in [5.41, 5.74) is 1.20. The van der Waals surface area contributed by atoms with Gasteiger partial charge in [0, 0.05) is 18.7 Å². The number of nitrogens with one attached hydrogen (secondary N) is 1. The van der Waals surface area contributed by atoms with Gasteiger partial charge in [-0.15, -0.1) is 0 Å². The molecule has 120 valence electrons. The van der Waals surface area contributed by atoms with Crippen LogP contribution in [0.3, 0.4) is 0 Å². The second kappa shape index (κ2) is 6.19. The summed E-state index contributed by atoms with van der Waals surface area (Å²) in [5.74, 6) is 3.06. The molecule has 1 aromatic carbocycles. The van der Waals surface area contributed by atoms with E-state index in [9.17, 15) is 4.79 Å². The summed E-state index contributed by atoms with van der Waals surface area (Å²) in [6.45, 7) is 0.725. The van der Waals surface area contributed by atoms with Crippen LogP contribution in [0.1, 0.15) is 37.7 Å². The van der Waals surface area contributed by atoms with Gasteiger partial charge < -0.3 is 5.32 Å². The van der Waals surface area contributed by atoms with Crippen molar-refractivity contribution in [1.82, 2.24) is 9.78 Å². The van der Waals surface area contributed by atoms with Crippen molar-refractivity contribution in [3.05, 3.63) is 48.2 Å². The number of nitrogens with zero attached hydrogens (tertiary/aromatic N) is 2. The fourth-order valence-corrected chi connectivity index (χ4v) is 4.35. The molecule has 4 nitrogen and oxygen atoms in total. The minimum atomic E-state index is 0.118. The lowest BCUT2D eigenvalue weighted by molar-refractivity contribution is -0.117. The van der Waals surface area contributed by atoms with Gasteiger partial charge in [0.25, 0.3) is 0 Å². The second-order valence-electron chi connectivity index (χ2n) is 7.07. The number of rotatable bonds is 5. The van der Waals surface area contributed by atoms with E-state index >= 15 is 0 Å². The summed E-state index contributed by atoms with van der Waals surface area (Å²) in [5, 5.41) is 7.42. The Bertz CT molecular complexity index is 679. The standard InChI is InChI=1S/C19H23N3O/c23-19(12-17-11-15-6-7-16(17)10-15)20-18-8-9-22(21-18)13-14-4-2-1-3-5-14/h1-5,8-9,15-17H,6-7,10-13H2,(H,20,21,23). The number of amides is 1. The minimum absolute atomic E-state index is 0.118. The number of hydrogen-bond acceptors (Lipinski definition) is 2. The molecule has 0 spiro atoms. The third-order valence-corrected chi connectivity index (χ3v) is 5.43. The predicted molar refractivity (Wildman–Crippen MR) is 90.0 cm³/mol. The van der Waals surface area contributed by atoms with E-state index in [1.165, 1.54) is 31.2 Å². The fourth-order valence-electron chi connectivity index (χ4n) is 4.35. The molecule has 2 bridgehead atoms. The molecule has 3 atom stereocenters. The molecule has 1 heterocycles. The van der Waals surface area contributed by atoms with Crippen molar-refractivity contribution in [3.63, 3.8) is 0 Å². The number of aromatic nitrogens is 2. The van der Waals surface area contributed by atoms with E-state index in [1.54, 1.807) is 0 Å². The van der Waals surface area contributed by atoms with Crippen LogP contribution in [0.5, 0.6) is 0 Å². The quantitative estimate of drug-likeness (QED) is 0.915. The van der Waals surface area contributed by atoms with Gasteiger partial charge in [0.2, 0.25) is 5.91 Å². The van der Waals surface area contributed by atoms with Crippen LogP contribution in [0.4, 0.5) is 5.82 Å². The lowest BCUT2D eigenvalue weighted by atomic mass is 9.86. The van der Waals surface area contributed by atoms with Gasteiger partial charge in [-0.1, -0.05) is 36.8 Å². The molecule has 2 saturated carbocycles. The first kappa shape index (κ1) is 14.5. The molecule has 1 aromatic heterocycles. The second-order valence-corrected chi connectivity index (χ2v) is 7.07. The number of carbonyl (C=O) groups excluding carboxylic acids is 1. The highest BCUT2D eigenvalue weighted by atomic mass is 16.1. The first-order chi connectivity index (χ1) is 11.3. The molecule has 2 aliphatic carbocycles. The van der Waals surface area contributed by atoms with Crippen molar-refractivity contribution in [2.24, 2.45) is 17.8 Å². The van der Waals surface area contributed by atoms with Crippen molar-refractivity contribution in [2.45, 2.75) is 38.6 Å². The third-order valence-electron chi connectivity index (χ3n) is 5.43. The highest BCUT2D eigenvalue weighted by Crippen LogP contribution is 2.49. The monoisotopic (exact) mass is 309 g/mol. The van der Waals surface area contributed by atoms with E-state index < -0.39 is 0 Å². The van der Waals surface area contributed by atoms with Crippen molar-refractivity contribution < 1.29 is 4.79 Å². The average molecular weight is 309 g/mol. The Morgan fingerprint density at radius 1 is 1.17 bits per heavy atom. The zero-order chi connectivity index (χ0) is 15.6. The molecule has 0 radical (unpaired) electrons. The molecule has 0 aliphatic heterocycles. The van der Waals surface area contributed by atoms with Crippen molar-refractivity contribution in [2.75, 3.05) is 5.32 Å². The van der Waals surface area contributed by atoms with E-state index in [1.807, 2.05) is 35.1 Å². The van der Waals surface area contributed by atoms with Crippen LogP contribution < -0.4 is 5.32 Å². The van der Waals surface area contributed by atoms with Crippen LogP contribution in [0.15, 0.2) is 42.6 Å². The van der Waals surface area contributed by atoms with E-state index in [0.717, 1.165) is 18.4 Å². The third kappa shape index (κ3) is 3.31. The van der Waals surface area contributed by atoms with Crippen molar-refractivity contribution in [3.8, 4) is 0 Å². The lowest BCUT2D eigenvalue weighted by Crippen LogP contribution is -2.20. The largest absolute Gasteiger partial charge is 0.309 e. The highest BCUT2D eigenvalue weighted by molar-refractivity contribution is 5.89. The van der Waals surface area contributed by atoms with Gasteiger partial charge in [-0.3, -0.25) is 9.48 Å². The Morgan fingerprint density at radius 2 is 2.04 bits per heavy atom. The normalized spacial score (nSPS) is 25.7. The lowest BCUT2D eigenvalue weighted by Gasteiger charge is -2.20. The first-order valence-corrected chi connectivity index (χ1v) is 8.63. The van der Waals surface area contributed by atoms with E-state index in [2.05, 4.69) is 22.5 Å². The van der Waals surface area contributed by atoms with Gasteiger partial charge in [0.15, 0.2) is 5.82 Å². The topological polar surface area (TPSA) is 46.9 Å². The molecule has 0 saturated heterocycles. The Hall–Kier alpha value is -2.10. The van der Waals surface area contributed by atoms with Crippen LogP contribution in [0.25, 0.3) is 0 Å². The molecule has 4 heteroatoms. The number of benzene rings is 1. The van der Waals surface area contributed by atoms with Crippen LogP contribution >= 0.6 is 0 Å². The van der Waals surface area contributed by atoms with Crippen LogP contribution in [0, 0.1) is 17.8 Å². The molecule has 3 unspecified atom stereocenters. The number of anilines is 1. The smallest absolute Gasteiger partial charge is 0.225 e. The minimum Gasteiger partial charge on any atom is -0.309 e. The zero-order valence-electron chi connectivity index (χ0n) is 13.3. The first-order valence-electron chi connectivity index (χ1n) is 8.63. The molecule has 2 aliphatic rings. The average Bonchev–Trinajstić information content (AvgIpc) is 3.26. The van der Waals surface area contributed by atoms with E-state index in [0.29, 0.717) is 18.2 Å². The zero-order valence-corrected chi connectivity index (χ0v) is 13.3. The maximum atomic E-state index is 12.3.